The molecule has 0 aromatic heterocycles. The molecule has 21 heavy (non-hydrogen) atoms. The van der Waals surface area contributed by atoms with Crippen molar-refractivity contribution in [3.63, 3.8) is 0 Å². The Hall–Kier alpha value is -1.51. The second-order valence-electron chi connectivity index (χ2n) is 6.97. The number of hydrogen-bond donors (Lipinski definition) is 1. The van der Waals surface area contributed by atoms with Crippen LogP contribution in [0.1, 0.15) is 58.4 Å². The normalized spacial score (nSPS) is 16.5. The number of carbonyl (C=O) groups is 1. The Morgan fingerprint density at radius 3 is 2.33 bits per heavy atom. The van der Waals surface area contributed by atoms with Gasteiger partial charge in [-0.15, -0.1) is 0 Å². The van der Waals surface area contributed by atoms with Crippen molar-refractivity contribution < 1.29 is 9.53 Å². The molecule has 116 valence electrons. The first kappa shape index (κ1) is 15.9. The van der Waals surface area contributed by atoms with Crippen LogP contribution in [0.3, 0.4) is 0 Å². The standard InChI is InChI=1S/C18H27NO2/c1-18(2,3)14-9-11-16(12-10-14)21-13-17(20)19-15-7-5-4-6-8-15/h9-12,15H,4-8,13H2,1-3H3,(H,19,20). The summed E-state index contributed by atoms with van der Waals surface area (Å²) in [5.74, 6) is 0.739. The van der Waals surface area contributed by atoms with Gasteiger partial charge in [0.15, 0.2) is 6.61 Å². The third-order valence-corrected chi connectivity index (χ3v) is 4.06. The molecule has 1 aliphatic carbocycles. The van der Waals surface area contributed by atoms with E-state index in [-0.39, 0.29) is 17.9 Å². The third kappa shape index (κ3) is 5.07. The molecule has 0 aliphatic heterocycles. The Morgan fingerprint density at radius 2 is 1.76 bits per heavy atom. The van der Waals surface area contributed by atoms with Crippen molar-refractivity contribution in [1.82, 2.24) is 5.32 Å². The summed E-state index contributed by atoms with van der Waals surface area (Å²) in [6.07, 6.45) is 5.95. The first-order chi connectivity index (χ1) is 9.95. The van der Waals surface area contributed by atoms with E-state index in [1.165, 1.54) is 24.8 Å². The highest BCUT2D eigenvalue weighted by Gasteiger charge is 2.16. The summed E-state index contributed by atoms with van der Waals surface area (Å²) in [6.45, 7) is 6.65. The fourth-order valence-electron chi connectivity index (χ4n) is 2.72. The molecule has 3 heteroatoms. The predicted molar refractivity (Wildman–Crippen MR) is 85.7 cm³/mol. The highest BCUT2D eigenvalue weighted by atomic mass is 16.5. The minimum absolute atomic E-state index is 0.0122. The molecular formula is C18H27NO2. The maximum atomic E-state index is 11.9. The fraction of sp³-hybridized carbons (Fsp3) is 0.611. The Morgan fingerprint density at radius 1 is 1.14 bits per heavy atom. The van der Waals surface area contributed by atoms with Crippen LogP contribution in [0.2, 0.25) is 0 Å². The average Bonchev–Trinajstić information content (AvgIpc) is 2.46. The lowest BCUT2D eigenvalue weighted by Crippen LogP contribution is -2.38. The number of benzene rings is 1. The first-order valence-corrected chi connectivity index (χ1v) is 7.98. The van der Waals surface area contributed by atoms with Gasteiger partial charge in [-0.25, -0.2) is 0 Å². The largest absolute Gasteiger partial charge is 0.484 e. The Labute approximate surface area is 128 Å². The molecule has 1 fully saturated rings. The van der Waals surface area contributed by atoms with Crippen molar-refractivity contribution in [1.29, 1.82) is 0 Å². The summed E-state index contributed by atoms with van der Waals surface area (Å²) in [5, 5.41) is 3.06. The summed E-state index contributed by atoms with van der Waals surface area (Å²) >= 11 is 0. The van der Waals surface area contributed by atoms with Crippen LogP contribution in [0.5, 0.6) is 5.75 Å². The zero-order chi connectivity index (χ0) is 15.3. The predicted octanol–water partition coefficient (Wildman–Crippen LogP) is 3.81. The number of amides is 1. The maximum absolute atomic E-state index is 11.9. The zero-order valence-corrected chi connectivity index (χ0v) is 13.4. The van der Waals surface area contributed by atoms with Gasteiger partial charge in [-0.05, 0) is 36.0 Å². The molecule has 0 spiro atoms. The van der Waals surface area contributed by atoms with Crippen molar-refractivity contribution in [2.75, 3.05) is 6.61 Å². The van der Waals surface area contributed by atoms with E-state index in [1.54, 1.807) is 0 Å². The molecule has 2 rings (SSSR count). The Kier molecular flexibility index (Phi) is 5.27. The molecule has 1 amide bonds. The lowest BCUT2D eigenvalue weighted by Gasteiger charge is -2.22. The van der Waals surface area contributed by atoms with E-state index in [2.05, 4.69) is 38.2 Å². The van der Waals surface area contributed by atoms with Crippen LogP contribution in [-0.2, 0) is 10.2 Å². The molecule has 1 aliphatic rings. The van der Waals surface area contributed by atoms with Crippen molar-refractivity contribution in [2.45, 2.75) is 64.3 Å². The molecule has 1 aromatic rings. The summed E-state index contributed by atoms with van der Waals surface area (Å²) in [5.41, 5.74) is 1.40. The summed E-state index contributed by atoms with van der Waals surface area (Å²) in [6, 6.07) is 8.35. The average molecular weight is 289 g/mol. The van der Waals surface area contributed by atoms with Gasteiger partial charge in [0.05, 0.1) is 0 Å². The topological polar surface area (TPSA) is 38.3 Å². The minimum Gasteiger partial charge on any atom is -0.484 e. The number of carbonyl (C=O) groups excluding carboxylic acids is 1. The number of hydrogen-bond acceptors (Lipinski definition) is 2. The smallest absolute Gasteiger partial charge is 0.258 e. The minimum atomic E-state index is -0.0122. The van der Waals surface area contributed by atoms with Gasteiger partial charge in [0.2, 0.25) is 0 Å². The van der Waals surface area contributed by atoms with Crippen molar-refractivity contribution in [2.24, 2.45) is 0 Å². The zero-order valence-electron chi connectivity index (χ0n) is 13.4. The second-order valence-corrected chi connectivity index (χ2v) is 6.97. The fourth-order valence-corrected chi connectivity index (χ4v) is 2.72. The quantitative estimate of drug-likeness (QED) is 0.915. The van der Waals surface area contributed by atoms with E-state index in [0.717, 1.165) is 18.6 Å². The number of rotatable bonds is 4. The van der Waals surface area contributed by atoms with E-state index >= 15 is 0 Å². The van der Waals surface area contributed by atoms with Gasteiger partial charge in [0.1, 0.15) is 5.75 Å². The Balaban J connectivity index is 1.78. The van der Waals surface area contributed by atoms with Crippen LogP contribution in [0, 0.1) is 0 Å². The highest BCUT2D eigenvalue weighted by Crippen LogP contribution is 2.24. The van der Waals surface area contributed by atoms with E-state index < -0.39 is 0 Å². The second kappa shape index (κ2) is 6.97. The van der Waals surface area contributed by atoms with Gasteiger partial charge in [0.25, 0.3) is 5.91 Å². The first-order valence-electron chi connectivity index (χ1n) is 7.98. The van der Waals surface area contributed by atoms with Crippen molar-refractivity contribution in [3.8, 4) is 5.75 Å². The van der Waals surface area contributed by atoms with Crippen LogP contribution in [0.4, 0.5) is 0 Å². The third-order valence-electron chi connectivity index (χ3n) is 4.06. The molecule has 0 saturated heterocycles. The molecule has 1 aromatic carbocycles. The summed E-state index contributed by atoms with van der Waals surface area (Å²) in [7, 11) is 0. The van der Waals surface area contributed by atoms with E-state index in [9.17, 15) is 4.79 Å². The van der Waals surface area contributed by atoms with Gasteiger partial charge < -0.3 is 10.1 Å². The molecule has 0 radical (unpaired) electrons. The number of ether oxygens (including phenoxy) is 1. The molecule has 1 N–H and O–H groups in total. The molecule has 0 atom stereocenters. The van der Waals surface area contributed by atoms with Crippen molar-refractivity contribution in [3.05, 3.63) is 29.8 Å². The van der Waals surface area contributed by atoms with Crippen LogP contribution in [0.25, 0.3) is 0 Å². The lowest BCUT2D eigenvalue weighted by atomic mass is 9.87. The van der Waals surface area contributed by atoms with Gasteiger partial charge >= 0.3 is 0 Å². The summed E-state index contributed by atoms with van der Waals surface area (Å²) in [4.78, 5) is 11.9. The van der Waals surface area contributed by atoms with Crippen molar-refractivity contribution >= 4 is 5.91 Å². The lowest BCUT2D eigenvalue weighted by molar-refractivity contribution is -0.124. The van der Waals surface area contributed by atoms with Crippen LogP contribution in [-0.4, -0.2) is 18.6 Å². The number of nitrogens with one attached hydrogen (secondary N) is 1. The molecule has 0 unspecified atom stereocenters. The van der Waals surface area contributed by atoms with E-state index in [4.69, 9.17) is 4.74 Å². The van der Waals surface area contributed by atoms with Crippen LogP contribution in [0.15, 0.2) is 24.3 Å². The maximum Gasteiger partial charge on any atom is 0.258 e. The Bertz CT molecular complexity index is 453. The molecule has 3 nitrogen and oxygen atoms in total. The summed E-state index contributed by atoms with van der Waals surface area (Å²) < 4.78 is 5.56. The monoisotopic (exact) mass is 289 g/mol. The van der Waals surface area contributed by atoms with Crippen LogP contribution < -0.4 is 10.1 Å². The molecular weight excluding hydrogens is 262 g/mol. The highest BCUT2D eigenvalue weighted by molar-refractivity contribution is 5.77. The van der Waals surface area contributed by atoms with Gasteiger partial charge in [0, 0.05) is 6.04 Å². The van der Waals surface area contributed by atoms with E-state index in [1.807, 2.05) is 12.1 Å². The van der Waals surface area contributed by atoms with Gasteiger partial charge in [-0.1, -0.05) is 52.2 Å². The van der Waals surface area contributed by atoms with Crippen LogP contribution >= 0.6 is 0 Å². The molecule has 1 saturated carbocycles. The SMILES string of the molecule is CC(C)(C)c1ccc(OCC(=O)NC2CCCCC2)cc1. The van der Waals surface area contributed by atoms with Gasteiger partial charge in [-0.2, -0.15) is 0 Å². The van der Waals surface area contributed by atoms with E-state index in [0.29, 0.717) is 6.04 Å². The van der Waals surface area contributed by atoms with Gasteiger partial charge in [-0.3, -0.25) is 4.79 Å². The molecule has 0 bridgehead atoms. The molecule has 0 heterocycles.